The van der Waals surface area contributed by atoms with Crippen molar-refractivity contribution in [2.24, 2.45) is 17.3 Å². The van der Waals surface area contributed by atoms with Gasteiger partial charge in [-0.05, 0) is 50.7 Å². The van der Waals surface area contributed by atoms with Crippen molar-refractivity contribution in [1.82, 2.24) is 4.98 Å². The molecule has 0 aromatic carbocycles. The van der Waals surface area contributed by atoms with E-state index in [1.54, 1.807) is 32.1 Å². The van der Waals surface area contributed by atoms with Gasteiger partial charge in [0.25, 0.3) is 0 Å². The molecule has 2 N–H and O–H groups in total. The fourth-order valence-corrected chi connectivity index (χ4v) is 4.75. The zero-order valence-corrected chi connectivity index (χ0v) is 21.5. The van der Waals surface area contributed by atoms with Gasteiger partial charge in [0, 0.05) is 17.7 Å². The number of ether oxygens (including phenoxy) is 1. The number of esters is 1. The molecule has 0 spiro atoms. The molecule has 3 unspecified atom stereocenters. The number of carbonyl (C=O) groups is 2. The number of Topliss-reactive ketones (excluding diaryl/α,β-unsaturated/α-hetero) is 1. The number of carbonyl (C=O) groups excluding carboxylic acids is 2. The van der Waals surface area contributed by atoms with Crippen LogP contribution in [0.5, 0.6) is 0 Å². The minimum atomic E-state index is -1.21. The number of aryl methyl sites for hydroxylation is 1. The van der Waals surface area contributed by atoms with Gasteiger partial charge in [0.2, 0.25) is 0 Å². The number of nitrogens with zero attached hydrogens (tertiary/aromatic N) is 1. The van der Waals surface area contributed by atoms with Gasteiger partial charge in [0.1, 0.15) is 11.9 Å². The Morgan fingerprint density at radius 2 is 1.94 bits per heavy atom. The molecule has 1 aromatic rings. The van der Waals surface area contributed by atoms with Gasteiger partial charge in [-0.3, -0.25) is 9.59 Å². The Hall–Kier alpha value is -1.83. The Morgan fingerprint density at radius 1 is 1.24 bits per heavy atom. The molecule has 7 heteroatoms. The molecule has 5 atom stereocenters. The topological polar surface area (TPSA) is 96.7 Å². The summed E-state index contributed by atoms with van der Waals surface area (Å²) in [6, 6.07) is 0. The summed E-state index contributed by atoms with van der Waals surface area (Å²) >= 11 is 1.56. The standard InChI is InChI=1S/C26H39NO5S/c1-16-11-9-7-8-10-12-21(17(2)13-20-15-33-19(4)27-20)32-23(29)14-22(28)26(5,6)25(31)18(3)24(16)30/h8,10,13,15-16,18,21-22,24,28,30H,7,9,11-12,14H2,1-6H3/b10-8+,17-13+/t16?,18?,21-,22?,24-/m0/s1. The maximum absolute atomic E-state index is 13.1. The molecule has 0 radical (unpaired) electrons. The van der Waals surface area contributed by atoms with E-state index in [9.17, 15) is 19.8 Å². The Labute approximate surface area is 201 Å². The lowest BCUT2D eigenvalue weighted by atomic mass is 9.73. The monoisotopic (exact) mass is 477 g/mol. The van der Waals surface area contributed by atoms with Gasteiger partial charge in [0.15, 0.2) is 0 Å². The molecule has 1 aliphatic heterocycles. The Kier molecular flexibility index (Phi) is 10.0. The summed E-state index contributed by atoms with van der Waals surface area (Å²) in [5.74, 6) is -1.48. The van der Waals surface area contributed by atoms with Crippen molar-refractivity contribution in [2.75, 3.05) is 0 Å². The van der Waals surface area contributed by atoms with Gasteiger partial charge in [0.05, 0.1) is 34.7 Å². The average Bonchev–Trinajstić information content (AvgIpc) is 3.16. The predicted molar refractivity (Wildman–Crippen MR) is 132 cm³/mol. The highest BCUT2D eigenvalue weighted by molar-refractivity contribution is 7.09. The molecule has 0 amide bonds. The van der Waals surface area contributed by atoms with E-state index in [1.807, 2.05) is 38.3 Å². The molecule has 0 aliphatic carbocycles. The fourth-order valence-electron chi connectivity index (χ4n) is 4.18. The zero-order valence-electron chi connectivity index (χ0n) is 20.7. The van der Waals surface area contributed by atoms with Crippen LogP contribution in [-0.2, 0) is 14.3 Å². The Bertz CT molecular complexity index is 872. The van der Waals surface area contributed by atoms with E-state index in [1.165, 1.54) is 0 Å². The number of ketones is 1. The van der Waals surface area contributed by atoms with Gasteiger partial charge in [-0.2, -0.15) is 0 Å². The number of aliphatic hydroxyl groups excluding tert-OH is 2. The van der Waals surface area contributed by atoms with Gasteiger partial charge in [-0.15, -0.1) is 11.3 Å². The Balaban J connectivity index is 2.27. The number of aliphatic hydroxyl groups is 2. The number of thiazole rings is 1. The number of aromatic nitrogens is 1. The minimum absolute atomic E-state index is 0.0392. The number of allylic oxidation sites excluding steroid dienone is 1. The molecular formula is C26H39NO5S. The van der Waals surface area contributed by atoms with Crippen LogP contribution >= 0.6 is 11.3 Å². The third-order valence-electron chi connectivity index (χ3n) is 6.68. The van der Waals surface area contributed by atoms with E-state index in [0.717, 1.165) is 35.5 Å². The Morgan fingerprint density at radius 3 is 2.58 bits per heavy atom. The molecule has 1 aromatic heterocycles. The second-order valence-electron chi connectivity index (χ2n) is 9.86. The normalized spacial score (nSPS) is 31.8. The summed E-state index contributed by atoms with van der Waals surface area (Å²) in [4.78, 5) is 30.3. The second kappa shape index (κ2) is 12.0. The van der Waals surface area contributed by atoms with Crippen molar-refractivity contribution in [2.45, 2.75) is 92.0 Å². The second-order valence-corrected chi connectivity index (χ2v) is 10.9. The van der Waals surface area contributed by atoms with E-state index in [2.05, 4.69) is 11.1 Å². The molecule has 184 valence electrons. The van der Waals surface area contributed by atoms with Crippen LogP contribution in [0.25, 0.3) is 6.08 Å². The van der Waals surface area contributed by atoms with Crippen molar-refractivity contribution >= 4 is 29.2 Å². The molecule has 33 heavy (non-hydrogen) atoms. The largest absolute Gasteiger partial charge is 0.457 e. The summed E-state index contributed by atoms with van der Waals surface area (Å²) in [5, 5.41) is 24.4. The van der Waals surface area contributed by atoms with E-state index < -0.39 is 35.6 Å². The predicted octanol–water partition coefficient (Wildman–Crippen LogP) is 4.88. The quantitative estimate of drug-likeness (QED) is 0.466. The first-order chi connectivity index (χ1) is 15.4. The maximum Gasteiger partial charge on any atom is 0.309 e. The van der Waals surface area contributed by atoms with Crippen molar-refractivity contribution in [3.63, 3.8) is 0 Å². The third kappa shape index (κ3) is 7.59. The number of cyclic esters (lactones) is 1. The lowest BCUT2D eigenvalue weighted by molar-refractivity contribution is -0.154. The zero-order chi connectivity index (χ0) is 24.8. The molecule has 1 aliphatic rings. The van der Waals surface area contributed by atoms with Crippen molar-refractivity contribution in [3.8, 4) is 0 Å². The first-order valence-electron chi connectivity index (χ1n) is 11.8. The molecule has 2 rings (SSSR count). The van der Waals surface area contributed by atoms with Crippen LogP contribution in [0, 0.1) is 24.2 Å². The van der Waals surface area contributed by atoms with E-state index >= 15 is 0 Å². The van der Waals surface area contributed by atoms with E-state index in [-0.39, 0.29) is 18.1 Å². The number of rotatable bonds is 2. The first kappa shape index (κ1) is 27.4. The summed E-state index contributed by atoms with van der Waals surface area (Å²) in [5.41, 5.74) is 0.513. The lowest BCUT2D eigenvalue weighted by Gasteiger charge is -2.34. The van der Waals surface area contributed by atoms with E-state index in [0.29, 0.717) is 6.42 Å². The highest BCUT2D eigenvalue weighted by Crippen LogP contribution is 2.32. The number of hydrogen-bond donors (Lipinski definition) is 2. The molecule has 0 fully saturated rings. The average molecular weight is 478 g/mol. The van der Waals surface area contributed by atoms with Crippen LogP contribution in [0.1, 0.15) is 77.4 Å². The van der Waals surface area contributed by atoms with Crippen LogP contribution in [0.15, 0.2) is 23.1 Å². The SMILES string of the molecule is C/C(=C\c1csc(C)n1)[C@@H]1C/C=C/CCCC(C)[C@H](O)C(C)C(=O)C(C)(C)C(O)CC(=O)O1. The highest BCUT2D eigenvalue weighted by atomic mass is 32.1. The molecular weight excluding hydrogens is 438 g/mol. The van der Waals surface area contributed by atoms with Crippen LogP contribution in [0.2, 0.25) is 0 Å². The molecule has 0 saturated carbocycles. The summed E-state index contributed by atoms with van der Waals surface area (Å²) in [6.07, 6.45) is 6.28. The van der Waals surface area contributed by atoms with Crippen molar-refractivity contribution in [1.29, 1.82) is 0 Å². The summed E-state index contributed by atoms with van der Waals surface area (Å²) in [7, 11) is 0. The smallest absolute Gasteiger partial charge is 0.309 e. The summed E-state index contributed by atoms with van der Waals surface area (Å²) < 4.78 is 5.75. The molecule has 6 nitrogen and oxygen atoms in total. The summed E-state index contributed by atoms with van der Waals surface area (Å²) in [6.45, 7) is 10.8. The van der Waals surface area contributed by atoms with Crippen LogP contribution < -0.4 is 0 Å². The fraction of sp³-hybridized carbons (Fsp3) is 0.654. The molecule has 0 bridgehead atoms. The van der Waals surface area contributed by atoms with Crippen molar-refractivity contribution in [3.05, 3.63) is 33.8 Å². The van der Waals surface area contributed by atoms with Crippen LogP contribution in [0.4, 0.5) is 0 Å². The van der Waals surface area contributed by atoms with Gasteiger partial charge < -0.3 is 14.9 Å². The number of hydrogen-bond acceptors (Lipinski definition) is 7. The maximum atomic E-state index is 13.1. The van der Waals surface area contributed by atoms with Crippen LogP contribution in [0.3, 0.4) is 0 Å². The first-order valence-corrected chi connectivity index (χ1v) is 12.7. The van der Waals surface area contributed by atoms with Crippen molar-refractivity contribution < 1.29 is 24.5 Å². The third-order valence-corrected chi connectivity index (χ3v) is 7.47. The van der Waals surface area contributed by atoms with Crippen LogP contribution in [-0.4, -0.2) is 45.3 Å². The highest BCUT2D eigenvalue weighted by Gasteiger charge is 2.42. The van der Waals surface area contributed by atoms with E-state index in [4.69, 9.17) is 4.74 Å². The van der Waals surface area contributed by atoms with Gasteiger partial charge >= 0.3 is 5.97 Å². The minimum Gasteiger partial charge on any atom is -0.457 e. The van der Waals surface area contributed by atoms with Gasteiger partial charge in [-0.1, -0.05) is 39.8 Å². The van der Waals surface area contributed by atoms with Gasteiger partial charge in [-0.25, -0.2) is 4.98 Å². The molecule has 0 saturated heterocycles. The lowest BCUT2D eigenvalue weighted by Crippen LogP contribution is -2.45. The molecule has 2 heterocycles.